The number of nitrogens with one attached hydrogen (secondary N) is 1. The highest BCUT2D eigenvalue weighted by atomic mass is 16.1. The maximum Gasteiger partial charge on any atom is 0.238 e. The van der Waals surface area contributed by atoms with E-state index in [1.165, 1.54) is 32.4 Å². The summed E-state index contributed by atoms with van der Waals surface area (Å²) >= 11 is 0. The molecule has 3 N–H and O–H groups in total. The maximum absolute atomic E-state index is 12.0. The molecule has 0 aromatic rings. The highest BCUT2D eigenvalue weighted by molar-refractivity contribution is 5.85. The third-order valence-corrected chi connectivity index (χ3v) is 6.35. The lowest BCUT2D eigenvalue weighted by Crippen LogP contribution is -2.58. The van der Waals surface area contributed by atoms with Crippen LogP contribution in [-0.4, -0.2) is 42.5 Å². The molecule has 0 spiro atoms. The van der Waals surface area contributed by atoms with Crippen molar-refractivity contribution in [1.82, 2.24) is 10.2 Å². The third-order valence-electron chi connectivity index (χ3n) is 6.35. The SMILES string of the molecule is CCNC1(C(N)=O)CCCC1CCN1CC2CCCC2C1. The van der Waals surface area contributed by atoms with Crippen molar-refractivity contribution in [2.24, 2.45) is 23.5 Å². The molecule has 120 valence electrons. The lowest BCUT2D eigenvalue weighted by molar-refractivity contribution is -0.126. The molecule has 4 heteroatoms. The van der Waals surface area contributed by atoms with Gasteiger partial charge in [0.2, 0.25) is 5.91 Å². The molecule has 21 heavy (non-hydrogen) atoms. The molecular formula is C17H31N3O. The van der Waals surface area contributed by atoms with E-state index in [1.54, 1.807) is 0 Å². The second-order valence-corrected chi connectivity index (χ2v) is 7.45. The zero-order chi connectivity index (χ0) is 14.9. The van der Waals surface area contributed by atoms with Crippen molar-refractivity contribution in [3.05, 3.63) is 0 Å². The number of hydrogen-bond donors (Lipinski definition) is 2. The number of carbonyl (C=O) groups excluding carboxylic acids is 1. The van der Waals surface area contributed by atoms with Gasteiger partial charge in [-0.1, -0.05) is 19.8 Å². The van der Waals surface area contributed by atoms with E-state index in [4.69, 9.17) is 5.73 Å². The van der Waals surface area contributed by atoms with E-state index in [-0.39, 0.29) is 5.91 Å². The third kappa shape index (κ3) is 2.85. The summed E-state index contributed by atoms with van der Waals surface area (Å²) in [7, 11) is 0. The summed E-state index contributed by atoms with van der Waals surface area (Å²) < 4.78 is 0. The molecule has 1 heterocycles. The van der Waals surface area contributed by atoms with Gasteiger partial charge in [-0.05, 0) is 62.9 Å². The summed E-state index contributed by atoms with van der Waals surface area (Å²) in [6, 6.07) is 0. The van der Waals surface area contributed by atoms with Crippen LogP contribution in [0.4, 0.5) is 0 Å². The second kappa shape index (κ2) is 6.25. The quantitative estimate of drug-likeness (QED) is 0.784. The molecule has 0 aromatic carbocycles. The van der Waals surface area contributed by atoms with Crippen molar-refractivity contribution >= 4 is 5.91 Å². The van der Waals surface area contributed by atoms with Crippen molar-refractivity contribution in [3.63, 3.8) is 0 Å². The van der Waals surface area contributed by atoms with Crippen molar-refractivity contribution in [1.29, 1.82) is 0 Å². The fourth-order valence-corrected chi connectivity index (χ4v) is 5.28. The highest BCUT2D eigenvalue weighted by Gasteiger charge is 2.47. The molecule has 3 aliphatic rings. The number of likely N-dealkylation sites (tertiary alicyclic amines) is 1. The number of carbonyl (C=O) groups is 1. The van der Waals surface area contributed by atoms with Crippen molar-refractivity contribution in [3.8, 4) is 0 Å². The molecule has 3 rings (SSSR count). The fraction of sp³-hybridized carbons (Fsp3) is 0.941. The number of likely N-dealkylation sites (N-methyl/N-ethyl adjacent to an activating group) is 1. The molecule has 1 amide bonds. The summed E-state index contributed by atoms with van der Waals surface area (Å²) in [6.45, 7) is 6.64. The summed E-state index contributed by atoms with van der Waals surface area (Å²) in [4.78, 5) is 14.7. The van der Waals surface area contributed by atoms with Gasteiger partial charge in [-0.2, -0.15) is 0 Å². The number of hydrogen-bond acceptors (Lipinski definition) is 3. The minimum absolute atomic E-state index is 0.134. The Morgan fingerprint density at radius 1 is 1.24 bits per heavy atom. The smallest absolute Gasteiger partial charge is 0.238 e. The molecular weight excluding hydrogens is 262 g/mol. The molecule has 4 atom stereocenters. The van der Waals surface area contributed by atoms with Gasteiger partial charge in [0.1, 0.15) is 5.54 Å². The number of nitrogens with zero attached hydrogens (tertiary/aromatic N) is 1. The Balaban J connectivity index is 1.55. The minimum atomic E-state index is -0.426. The van der Waals surface area contributed by atoms with Gasteiger partial charge in [0.25, 0.3) is 0 Å². The van der Waals surface area contributed by atoms with Crippen molar-refractivity contribution in [2.45, 2.75) is 57.4 Å². The predicted octanol–water partition coefficient (Wildman–Crippen LogP) is 1.74. The highest BCUT2D eigenvalue weighted by Crippen LogP contribution is 2.40. The Morgan fingerprint density at radius 3 is 2.57 bits per heavy atom. The normalized spacial score (nSPS) is 39.8. The Bertz CT molecular complexity index is 374. The van der Waals surface area contributed by atoms with Gasteiger partial charge in [0.05, 0.1) is 0 Å². The summed E-state index contributed by atoms with van der Waals surface area (Å²) in [6.07, 6.45) is 8.64. The molecule has 3 fully saturated rings. The first-order chi connectivity index (χ1) is 10.2. The average Bonchev–Trinajstić information content (AvgIpc) is 3.10. The molecule has 0 radical (unpaired) electrons. The van der Waals surface area contributed by atoms with E-state index in [0.717, 1.165) is 50.6 Å². The summed E-state index contributed by atoms with van der Waals surface area (Å²) in [5.74, 6) is 2.21. The number of nitrogens with two attached hydrogens (primary N) is 1. The first-order valence-electron chi connectivity index (χ1n) is 8.93. The number of fused-ring (bicyclic) bond motifs is 1. The van der Waals surface area contributed by atoms with Crippen LogP contribution in [0.5, 0.6) is 0 Å². The Morgan fingerprint density at radius 2 is 1.95 bits per heavy atom. The second-order valence-electron chi connectivity index (χ2n) is 7.45. The first kappa shape index (κ1) is 15.3. The van der Waals surface area contributed by atoms with Crippen LogP contribution in [0.25, 0.3) is 0 Å². The van der Waals surface area contributed by atoms with E-state index in [0.29, 0.717) is 5.92 Å². The van der Waals surface area contributed by atoms with Gasteiger partial charge in [-0.25, -0.2) is 0 Å². The van der Waals surface area contributed by atoms with Gasteiger partial charge in [0.15, 0.2) is 0 Å². The monoisotopic (exact) mass is 293 g/mol. The molecule has 0 bridgehead atoms. The van der Waals surface area contributed by atoms with Gasteiger partial charge < -0.3 is 16.0 Å². The minimum Gasteiger partial charge on any atom is -0.368 e. The van der Waals surface area contributed by atoms with Crippen LogP contribution in [0, 0.1) is 17.8 Å². The number of rotatable bonds is 6. The molecule has 2 saturated carbocycles. The standard InChI is InChI=1S/C17H31N3O/c1-2-19-17(16(18)21)9-4-7-15(17)8-10-20-11-13-5-3-6-14(13)12-20/h13-15,19H,2-12H2,1H3,(H2,18,21). The Hall–Kier alpha value is -0.610. The van der Waals surface area contributed by atoms with Gasteiger partial charge in [-0.15, -0.1) is 0 Å². The Kier molecular flexibility index (Phi) is 4.55. The topological polar surface area (TPSA) is 58.4 Å². The van der Waals surface area contributed by atoms with Gasteiger partial charge in [0, 0.05) is 13.1 Å². The molecule has 1 saturated heterocycles. The number of primary amides is 1. The average molecular weight is 293 g/mol. The van der Waals surface area contributed by atoms with E-state index in [1.807, 2.05) is 0 Å². The van der Waals surface area contributed by atoms with E-state index < -0.39 is 5.54 Å². The van der Waals surface area contributed by atoms with Crippen LogP contribution in [0.3, 0.4) is 0 Å². The van der Waals surface area contributed by atoms with E-state index in [2.05, 4.69) is 17.1 Å². The van der Waals surface area contributed by atoms with Crippen molar-refractivity contribution in [2.75, 3.05) is 26.2 Å². The van der Waals surface area contributed by atoms with Crippen LogP contribution in [0.15, 0.2) is 0 Å². The molecule has 0 aromatic heterocycles. The first-order valence-corrected chi connectivity index (χ1v) is 8.93. The number of amides is 1. The van der Waals surface area contributed by atoms with Crippen LogP contribution >= 0.6 is 0 Å². The lowest BCUT2D eigenvalue weighted by atomic mass is 9.83. The largest absolute Gasteiger partial charge is 0.368 e. The zero-order valence-corrected chi connectivity index (χ0v) is 13.4. The molecule has 4 nitrogen and oxygen atoms in total. The lowest BCUT2D eigenvalue weighted by Gasteiger charge is -2.34. The van der Waals surface area contributed by atoms with Gasteiger partial charge >= 0.3 is 0 Å². The molecule has 2 aliphatic carbocycles. The summed E-state index contributed by atoms with van der Waals surface area (Å²) in [5, 5.41) is 3.43. The predicted molar refractivity (Wildman–Crippen MR) is 84.8 cm³/mol. The van der Waals surface area contributed by atoms with Gasteiger partial charge in [-0.3, -0.25) is 4.79 Å². The van der Waals surface area contributed by atoms with Crippen LogP contribution in [-0.2, 0) is 4.79 Å². The maximum atomic E-state index is 12.0. The fourth-order valence-electron chi connectivity index (χ4n) is 5.28. The van der Waals surface area contributed by atoms with Crippen LogP contribution < -0.4 is 11.1 Å². The molecule has 4 unspecified atom stereocenters. The van der Waals surface area contributed by atoms with Crippen LogP contribution in [0.2, 0.25) is 0 Å². The van der Waals surface area contributed by atoms with E-state index >= 15 is 0 Å². The Labute approximate surface area is 128 Å². The zero-order valence-electron chi connectivity index (χ0n) is 13.4. The molecule has 1 aliphatic heterocycles. The summed E-state index contributed by atoms with van der Waals surface area (Å²) in [5.41, 5.74) is 5.33. The van der Waals surface area contributed by atoms with Crippen LogP contribution in [0.1, 0.15) is 51.9 Å². The van der Waals surface area contributed by atoms with Crippen molar-refractivity contribution < 1.29 is 4.79 Å². The van der Waals surface area contributed by atoms with E-state index in [9.17, 15) is 4.79 Å².